The first-order valence-electron chi connectivity index (χ1n) is 9.04. The molecule has 0 saturated carbocycles. The lowest BCUT2D eigenvalue weighted by Crippen LogP contribution is -2.54. The zero-order valence-electron chi connectivity index (χ0n) is 17.1. The summed E-state index contributed by atoms with van der Waals surface area (Å²) in [5.41, 5.74) is 7.86. The Balaban J connectivity index is 0.00000210. The number of methoxy groups -OCH3 is 2. The molecule has 1 aliphatic rings. The third-order valence-corrected chi connectivity index (χ3v) is 6.12. The number of nitrogens with zero attached hydrogens (tertiary/aromatic N) is 2. The molecule has 1 unspecified atom stereocenters. The van der Waals surface area contributed by atoms with Gasteiger partial charge < -0.3 is 20.1 Å². The van der Waals surface area contributed by atoms with Crippen LogP contribution in [0.1, 0.15) is 26.0 Å². The SMILES string of the molecule is COc1ccc(-c2nc(CC(=O)N3CCC(N)C(C)(C)C3)cs2)cc1OC.Cl.Cl. The Morgan fingerprint density at radius 1 is 1.28 bits per heavy atom. The maximum absolute atomic E-state index is 12.7. The number of nitrogens with two attached hydrogens (primary N) is 1. The standard InChI is InChI=1S/C20H27N3O3S.2ClH/c1-20(2)12-23(8-7-17(20)21)18(24)10-14-11-27-19(22-14)13-5-6-15(25-3)16(9-13)26-4;;/h5-6,9,11,17H,7-8,10,12,21H2,1-4H3;2*1H. The van der Waals surface area contributed by atoms with E-state index in [2.05, 4.69) is 18.8 Å². The number of carbonyl (C=O) groups is 1. The molecule has 0 spiro atoms. The number of hydrogen-bond acceptors (Lipinski definition) is 6. The summed E-state index contributed by atoms with van der Waals surface area (Å²) in [4.78, 5) is 19.3. The van der Waals surface area contributed by atoms with Crippen molar-refractivity contribution in [3.05, 3.63) is 29.3 Å². The van der Waals surface area contributed by atoms with E-state index in [1.54, 1.807) is 14.2 Å². The Labute approximate surface area is 188 Å². The Morgan fingerprint density at radius 2 is 1.97 bits per heavy atom. The molecule has 2 N–H and O–H groups in total. The summed E-state index contributed by atoms with van der Waals surface area (Å²) in [6.07, 6.45) is 1.15. The lowest BCUT2D eigenvalue weighted by Gasteiger charge is -2.42. The number of carbonyl (C=O) groups excluding carboxylic acids is 1. The van der Waals surface area contributed by atoms with Crippen LogP contribution in [0.2, 0.25) is 0 Å². The van der Waals surface area contributed by atoms with E-state index in [9.17, 15) is 4.79 Å². The van der Waals surface area contributed by atoms with Gasteiger partial charge >= 0.3 is 0 Å². The molecule has 0 aliphatic carbocycles. The number of halogens is 2. The van der Waals surface area contributed by atoms with E-state index in [0.717, 1.165) is 29.2 Å². The minimum Gasteiger partial charge on any atom is -0.493 e. The van der Waals surface area contributed by atoms with Crippen molar-refractivity contribution in [1.29, 1.82) is 0 Å². The second kappa shape index (κ2) is 10.5. The van der Waals surface area contributed by atoms with E-state index in [1.807, 2.05) is 28.5 Å². The van der Waals surface area contributed by atoms with Gasteiger partial charge in [-0.15, -0.1) is 36.2 Å². The molecule has 29 heavy (non-hydrogen) atoms. The van der Waals surface area contributed by atoms with E-state index in [-0.39, 0.29) is 42.2 Å². The minimum atomic E-state index is -0.0548. The predicted octanol–water partition coefficient (Wildman–Crippen LogP) is 3.80. The summed E-state index contributed by atoms with van der Waals surface area (Å²) < 4.78 is 10.6. The molecule has 3 rings (SSSR count). The van der Waals surface area contributed by atoms with Gasteiger partial charge in [0.1, 0.15) is 5.01 Å². The number of aromatic nitrogens is 1. The number of amides is 1. The van der Waals surface area contributed by atoms with Crippen LogP contribution in [0.5, 0.6) is 11.5 Å². The zero-order chi connectivity index (χ0) is 19.6. The van der Waals surface area contributed by atoms with Crippen molar-refractivity contribution in [2.45, 2.75) is 32.7 Å². The molecule has 2 heterocycles. The smallest absolute Gasteiger partial charge is 0.228 e. The lowest BCUT2D eigenvalue weighted by atomic mass is 9.79. The summed E-state index contributed by atoms with van der Waals surface area (Å²) in [7, 11) is 3.22. The lowest BCUT2D eigenvalue weighted by molar-refractivity contribution is -0.133. The van der Waals surface area contributed by atoms with Crippen molar-refractivity contribution in [3.63, 3.8) is 0 Å². The Kier molecular flexibility index (Phi) is 9.21. The van der Waals surface area contributed by atoms with Crippen LogP contribution in [0.3, 0.4) is 0 Å². The summed E-state index contributed by atoms with van der Waals surface area (Å²) in [6, 6.07) is 5.84. The van der Waals surface area contributed by atoms with E-state index < -0.39 is 0 Å². The molecule has 1 fully saturated rings. The van der Waals surface area contributed by atoms with Crippen LogP contribution in [-0.2, 0) is 11.2 Å². The molecule has 1 amide bonds. The maximum Gasteiger partial charge on any atom is 0.228 e. The molecule has 1 saturated heterocycles. The van der Waals surface area contributed by atoms with Crippen molar-refractivity contribution in [2.24, 2.45) is 11.1 Å². The van der Waals surface area contributed by atoms with Crippen molar-refractivity contribution >= 4 is 42.1 Å². The second-order valence-electron chi connectivity index (χ2n) is 7.59. The van der Waals surface area contributed by atoms with Gasteiger partial charge in [-0.3, -0.25) is 4.79 Å². The van der Waals surface area contributed by atoms with Crippen LogP contribution in [-0.4, -0.2) is 49.1 Å². The number of thiazole rings is 1. The Hall–Kier alpha value is -1.54. The molecule has 1 aliphatic heterocycles. The molecule has 6 nitrogen and oxygen atoms in total. The molecule has 1 atom stereocenters. The molecule has 0 bridgehead atoms. The molecule has 2 aromatic rings. The first kappa shape index (κ1) is 25.5. The van der Waals surface area contributed by atoms with E-state index in [4.69, 9.17) is 15.2 Å². The molecular formula is C20H29Cl2N3O3S. The largest absolute Gasteiger partial charge is 0.493 e. The average molecular weight is 462 g/mol. The molecular weight excluding hydrogens is 433 g/mol. The number of likely N-dealkylation sites (tertiary alicyclic amines) is 1. The van der Waals surface area contributed by atoms with Crippen LogP contribution in [0, 0.1) is 5.41 Å². The molecule has 9 heteroatoms. The molecule has 1 aromatic heterocycles. The van der Waals surface area contributed by atoms with Gasteiger partial charge in [-0.2, -0.15) is 0 Å². The number of ether oxygens (including phenoxy) is 2. The van der Waals surface area contributed by atoms with E-state index in [0.29, 0.717) is 24.5 Å². The minimum absolute atomic E-state index is 0. The van der Waals surface area contributed by atoms with Gasteiger partial charge in [0, 0.05) is 30.1 Å². The van der Waals surface area contributed by atoms with Gasteiger partial charge in [-0.1, -0.05) is 13.8 Å². The van der Waals surface area contributed by atoms with Crippen LogP contribution in [0.15, 0.2) is 23.6 Å². The van der Waals surface area contributed by atoms with Crippen molar-refractivity contribution in [3.8, 4) is 22.1 Å². The van der Waals surface area contributed by atoms with Crippen LogP contribution in [0.25, 0.3) is 10.6 Å². The summed E-state index contributed by atoms with van der Waals surface area (Å²) in [5, 5.41) is 2.81. The molecule has 0 radical (unpaired) electrons. The number of piperidine rings is 1. The highest BCUT2D eigenvalue weighted by Gasteiger charge is 2.35. The van der Waals surface area contributed by atoms with Crippen molar-refractivity contribution in [1.82, 2.24) is 9.88 Å². The highest BCUT2D eigenvalue weighted by molar-refractivity contribution is 7.13. The number of hydrogen-bond donors (Lipinski definition) is 1. The second-order valence-corrected chi connectivity index (χ2v) is 8.45. The predicted molar refractivity (Wildman–Crippen MR) is 122 cm³/mol. The highest BCUT2D eigenvalue weighted by atomic mass is 35.5. The first-order chi connectivity index (χ1) is 12.8. The monoisotopic (exact) mass is 461 g/mol. The van der Waals surface area contributed by atoms with Gasteiger partial charge in [0.15, 0.2) is 11.5 Å². The van der Waals surface area contributed by atoms with Gasteiger partial charge in [0.2, 0.25) is 5.91 Å². The van der Waals surface area contributed by atoms with Gasteiger partial charge in [-0.05, 0) is 30.0 Å². The van der Waals surface area contributed by atoms with Crippen molar-refractivity contribution in [2.75, 3.05) is 27.3 Å². The molecule has 1 aromatic carbocycles. The summed E-state index contributed by atoms with van der Waals surface area (Å²) >= 11 is 1.53. The van der Waals surface area contributed by atoms with Gasteiger partial charge in [0.25, 0.3) is 0 Å². The fraction of sp³-hybridized carbons (Fsp3) is 0.500. The zero-order valence-corrected chi connectivity index (χ0v) is 19.6. The van der Waals surface area contributed by atoms with E-state index in [1.165, 1.54) is 11.3 Å². The number of benzene rings is 1. The summed E-state index contributed by atoms with van der Waals surface area (Å²) in [6.45, 7) is 5.65. The topological polar surface area (TPSA) is 77.7 Å². The normalized spacial score (nSPS) is 17.7. The summed E-state index contributed by atoms with van der Waals surface area (Å²) in [5.74, 6) is 1.45. The average Bonchev–Trinajstić information content (AvgIpc) is 3.11. The van der Waals surface area contributed by atoms with Gasteiger partial charge in [-0.25, -0.2) is 4.98 Å². The Morgan fingerprint density at radius 3 is 2.59 bits per heavy atom. The first-order valence-corrected chi connectivity index (χ1v) is 9.92. The maximum atomic E-state index is 12.7. The third kappa shape index (κ3) is 5.75. The van der Waals surface area contributed by atoms with Gasteiger partial charge in [0.05, 0.1) is 26.3 Å². The van der Waals surface area contributed by atoms with E-state index >= 15 is 0 Å². The van der Waals surface area contributed by atoms with Crippen LogP contribution < -0.4 is 15.2 Å². The van der Waals surface area contributed by atoms with Crippen LogP contribution >= 0.6 is 36.2 Å². The fourth-order valence-corrected chi connectivity index (χ4v) is 4.16. The third-order valence-electron chi connectivity index (χ3n) is 5.18. The quantitative estimate of drug-likeness (QED) is 0.732. The molecule has 162 valence electrons. The van der Waals surface area contributed by atoms with Crippen LogP contribution in [0.4, 0.5) is 0 Å². The highest BCUT2D eigenvalue weighted by Crippen LogP contribution is 2.34. The van der Waals surface area contributed by atoms with Crippen molar-refractivity contribution < 1.29 is 14.3 Å². The Bertz CT molecular complexity index is 829. The number of rotatable bonds is 5. The fourth-order valence-electron chi connectivity index (χ4n) is 3.34.